The fourth-order valence-electron chi connectivity index (χ4n) is 1.08. The molecule has 0 radical (unpaired) electrons. The van der Waals surface area contributed by atoms with Gasteiger partial charge in [-0.15, -0.1) is 11.6 Å². The highest BCUT2D eigenvalue weighted by Crippen LogP contribution is 2.27. The Morgan fingerprint density at radius 3 is 2.67 bits per heavy atom. The average molecular weight is 237 g/mol. The number of alkyl halides is 3. The number of carboxylic acid groups (broad SMARTS) is 1. The van der Waals surface area contributed by atoms with Crippen molar-refractivity contribution >= 4 is 23.3 Å². The van der Waals surface area contributed by atoms with Crippen molar-refractivity contribution in [2.45, 2.75) is 12.3 Å². The number of hydrogen-bond acceptors (Lipinski definition) is 3. The normalized spacial score (nSPS) is 10.7. The fourth-order valence-corrected chi connectivity index (χ4v) is 1.29. The Hall–Kier alpha value is -1.43. The molecule has 1 aromatic rings. The van der Waals surface area contributed by atoms with E-state index in [9.17, 15) is 13.6 Å². The van der Waals surface area contributed by atoms with E-state index in [1.165, 1.54) is 0 Å². The van der Waals surface area contributed by atoms with Crippen molar-refractivity contribution in [3.8, 4) is 0 Å². The molecule has 15 heavy (non-hydrogen) atoms. The van der Waals surface area contributed by atoms with Crippen LogP contribution in [0, 0.1) is 0 Å². The number of carboxylic acids is 1. The van der Waals surface area contributed by atoms with Crippen LogP contribution < -0.4 is 5.73 Å². The van der Waals surface area contributed by atoms with Crippen molar-refractivity contribution in [3.05, 3.63) is 23.0 Å². The van der Waals surface area contributed by atoms with Gasteiger partial charge in [-0.3, -0.25) is 4.98 Å². The van der Waals surface area contributed by atoms with Gasteiger partial charge in [0.25, 0.3) is 6.43 Å². The lowest BCUT2D eigenvalue weighted by atomic mass is 10.1. The van der Waals surface area contributed by atoms with Crippen molar-refractivity contribution in [3.63, 3.8) is 0 Å². The highest BCUT2D eigenvalue weighted by atomic mass is 35.5. The maximum absolute atomic E-state index is 12.4. The minimum absolute atomic E-state index is 0.0807. The molecule has 0 saturated heterocycles. The number of nitrogens with two attached hydrogens (primary N) is 1. The highest BCUT2D eigenvalue weighted by molar-refractivity contribution is 6.17. The SMILES string of the molecule is Nc1c(CCl)cnc(C(F)F)c1C(=O)O. The van der Waals surface area contributed by atoms with E-state index < -0.39 is 23.7 Å². The molecule has 1 heterocycles. The van der Waals surface area contributed by atoms with Crippen LogP contribution in [0.3, 0.4) is 0 Å². The molecule has 1 aromatic heterocycles. The monoisotopic (exact) mass is 236 g/mol. The number of aromatic nitrogens is 1. The number of nitrogen functional groups attached to an aromatic ring is 1. The summed E-state index contributed by atoms with van der Waals surface area (Å²) in [4.78, 5) is 14.1. The Morgan fingerprint density at radius 1 is 1.67 bits per heavy atom. The van der Waals surface area contributed by atoms with Gasteiger partial charge in [0.05, 0.1) is 11.6 Å². The topological polar surface area (TPSA) is 76.2 Å². The number of nitrogens with zero attached hydrogens (tertiary/aromatic N) is 1. The highest BCUT2D eigenvalue weighted by Gasteiger charge is 2.23. The molecule has 0 aliphatic rings. The zero-order chi connectivity index (χ0) is 11.6. The number of rotatable bonds is 3. The van der Waals surface area contributed by atoms with Crippen molar-refractivity contribution in [2.24, 2.45) is 0 Å². The molecular formula is C8H7ClF2N2O2. The minimum Gasteiger partial charge on any atom is -0.478 e. The van der Waals surface area contributed by atoms with Gasteiger partial charge in [0.1, 0.15) is 11.3 Å². The molecule has 0 bridgehead atoms. The molecule has 3 N–H and O–H groups in total. The summed E-state index contributed by atoms with van der Waals surface area (Å²) in [6.07, 6.45) is -1.93. The van der Waals surface area contributed by atoms with E-state index in [1.54, 1.807) is 0 Å². The molecule has 0 aliphatic carbocycles. The number of halogens is 3. The Labute approximate surface area is 88.7 Å². The van der Waals surface area contributed by atoms with Crippen molar-refractivity contribution in [1.29, 1.82) is 0 Å². The number of pyridine rings is 1. The molecule has 0 aromatic carbocycles. The van der Waals surface area contributed by atoms with E-state index in [1.807, 2.05) is 0 Å². The molecule has 1 rings (SSSR count). The molecule has 7 heteroatoms. The summed E-state index contributed by atoms with van der Waals surface area (Å²) in [5.41, 5.74) is 3.84. The maximum Gasteiger partial charge on any atom is 0.339 e. The van der Waals surface area contributed by atoms with E-state index in [0.717, 1.165) is 6.20 Å². The predicted molar refractivity (Wildman–Crippen MR) is 50.1 cm³/mol. The third-order valence-electron chi connectivity index (χ3n) is 1.80. The molecule has 82 valence electrons. The largest absolute Gasteiger partial charge is 0.478 e. The van der Waals surface area contributed by atoms with Crippen LogP contribution in [0.5, 0.6) is 0 Å². The molecular weight excluding hydrogens is 230 g/mol. The van der Waals surface area contributed by atoms with Crippen molar-refractivity contribution in [2.75, 3.05) is 5.73 Å². The average Bonchev–Trinajstić information content (AvgIpc) is 2.16. The smallest absolute Gasteiger partial charge is 0.339 e. The summed E-state index contributed by atoms with van der Waals surface area (Å²) in [6.45, 7) is 0. The van der Waals surface area contributed by atoms with Crippen LogP contribution >= 0.6 is 11.6 Å². The Balaban J connectivity index is 3.44. The van der Waals surface area contributed by atoms with E-state index in [-0.39, 0.29) is 17.1 Å². The van der Waals surface area contributed by atoms with Gasteiger partial charge in [-0.2, -0.15) is 0 Å². The molecule has 0 fully saturated rings. The lowest BCUT2D eigenvalue weighted by Gasteiger charge is -2.09. The Kier molecular flexibility index (Phi) is 3.41. The van der Waals surface area contributed by atoms with Crippen LogP contribution in [0.2, 0.25) is 0 Å². The summed E-state index contributed by atoms with van der Waals surface area (Å²) in [5.74, 6) is -1.62. The molecule has 0 amide bonds. The quantitative estimate of drug-likeness (QED) is 0.788. The van der Waals surface area contributed by atoms with Crippen LogP contribution in [0.1, 0.15) is 28.0 Å². The van der Waals surface area contributed by atoms with E-state index >= 15 is 0 Å². The van der Waals surface area contributed by atoms with Crippen LogP contribution in [0.25, 0.3) is 0 Å². The van der Waals surface area contributed by atoms with Crippen LogP contribution in [0.4, 0.5) is 14.5 Å². The van der Waals surface area contributed by atoms with Gasteiger partial charge in [-0.25, -0.2) is 13.6 Å². The lowest BCUT2D eigenvalue weighted by molar-refractivity contribution is 0.0683. The number of aromatic carboxylic acids is 1. The van der Waals surface area contributed by atoms with Crippen LogP contribution in [-0.4, -0.2) is 16.1 Å². The van der Waals surface area contributed by atoms with Crippen molar-refractivity contribution < 1.29 is 18.7 Å². The third kappa shape index (κ3) is 2.15. The maximum atomic E-state index is 12.4. The first-order valence-electron chi connectivity index (χ1n) is 3.83. The van der Waals surface area contributed by atoms with E-state index in [4.69, 9.17) is 22.4 Å². The first-order valence-corrected chi connectivity index (χ1v) is 4.37. The zero-order valence-corrected chi connectivity index (χ0v) is 8.13. The first-order chi connectivity index (χ1) is 6.99. The first kappa shape index (κ1) is 11.6. The van der Waals surface area contributed by atoms with Gasteiger partial charge in [-0.1, -0.05) is 0 Å². The van der Waals surface area contributed by atoms with Crippen molar-refractivity contribution in [1.82, 2.24) is 4.98 Å². The van der Waals surface area contributed by atoms with E-state index in [0.29, 0.717) is 0 Å². The third-order valence-corrected chi connectivity index (χ3v) is 2.08. The standard InChI is InChI=1S/C8H7ClF2N2O2/c9-1-3-2-13-6(7(10)11)4(5(3)12)8(14)15/h2,7H,1H2,(H2,12,13)(H,14,15). The summed E-state index contributed by atoms with van der Waals surface area (Å²) >= 11 is 5.44. The predicted octanol–water partition coefficient (Wildman–Crippen LogP) is 2.04. The van der Waals surface area contributed by atoms with Gasteiger partial charge in [-0.05, 0) is 0 Å². The number of hydrogen-bond donors (Lipinski definition) is 2. The number of anilines is 1. The van der Waals surface area contributed by atoms with E-state index in [2.05, 4.69) is 4.98 Å². The molecule has 0 saturated carbocycles. The van der Waals surface area contributed by atoms with Crippen LogP contribution in [-0.2, 0) is 5.88 Å². The molecule has 0 aliphatic heterocycles. The Morgan fingerprint density at radius 2 is 2.27 bits per heavy atom. The van der Waals surface area contributed by atoms with Gasteiger partial charge in [0.2, 0.25) is 0 Å². The van der Waals surface area contributed by atoms with Gasteiger partial charge >= 0.3 is 5.97 Å². The number of carbonyl (C=O) groups is 1. The summed E-state index contributed by atoms with van der Waals surface area (Å²) < 4.78 is 24.8. The molecule has 0 spiro atoms. The molecule has 0 unspecified atom stereocenters. The second-order valence-corrected chi connectivity index (χ2v) is 2.96. The summed E-state index contributed by atoms with van der Waals surface area (Å²) in [6, 6.07) is 0. The second kappa shape index (κ2) is 4.39. The van der Waals surface area contributed by atoms with Crippen LogP contribution in [0.15, 0.2) is 6.20 Å². The minimum atomic E-state index is -2.98. The fraction of sp³-hybridized carbons (Fsp3) is 0.250. The van der Waals surface area contributed by atoms with Gasteiger partial charge in [0.15, 0.2) is 0 Å². The van der Waals surface area contributed by atoms with Gasteiger partial charge < -0.3 is 10.8 Å². The van der Waals surface area contributed by atoms with Gasteiger partial charge in [0, 0.05) is 11.8 Å². The molecule has 0 atom stereocenters. The lowest BCUT2D eigenvalue weighted by Crippen LogP contribution is -2.11. The Bertz CT molecular complexity index is 398. The summed E-state index contributed by atoms with van der Waals surface area (Å²) in [7, 11) is 0. The molecule has 4 nitrogen and oxygen atoms in total. The second-order valence-electron chi connectivity index (χ2n) is 2.70. The summed E-state index contributed by atoms with van der Waals surface area (Å²) in [5, 5.41) is 8.72. The zero-order valence-electron chi connectivity index (χ0n) is 7.38.